The van der Waals surface area contributed by atoms with E-state index in [0.717, 1.165) is 0 Å². The first-order valence-corrected chi connectivity index (χ1v) is 26.7. The van der Waals surface area contributed by atoms with Crippen LogP contribution in [0.4, 0.5) is 13.2 Å². The number of nitrogens with one attached hydrogen (secondary N) is 8. The molecule has 7 bridgehead atoms. The largest absolute Gasteiger partial charge is 0.490 e. The van der Waals surface area contributed by atoms with Crippen LogP contribution in [-0.2, 0) is 60.8 Å². The lowest BCUT2D eigenvalue weighted by Gasteiger charge is -2.33. The van der Waals surface area contributed by atoms with Gasteiger partial charge in [-0.25, -0.2) is 14.6 Å². The van der Waals surface area contributed by atoms with E-state index in [1.54, 1.807) is 24.6 Å². The summed E-state index contributed by atoms with van der Waals surface area (Å²) in [4.78, 5) is 149. The second-order valence-electron chi connectivity index (χ2n) is 21.7. The van der Waals surface area contributed by atoms with Crippen LogP contribution in [0.2, 0.25) is 0 Å². The van der Waals surface area contributed by atoms with Crippen molar-refractivity contribution in [2.75, 3.05) is 13.1 Å². The van der Waals surface area contributed by atoms with Gasteiger partial charge in [0.05, 0.1) is 5.69 Å². The van der Waals surface area contributed by atoms with E-state index < -0.39 is 120 Å². The van der Waals surface area contributed by atoms with E-state index in [0.29, 0.717) is 34.3 Å². The number of carbonyl (C=O) groups excluding carboxylic acids is 8. The number of hydrogen-bond acceptors (Lipinski definition) is 12. The van der Waals surface area contributed by atoms with Crippen LogP contribution in [0.1, 0.15) is 109 Å². The lowest BCUT2D eigenvalue weighted by Crippen LogP contribution is -2.61. The Morgan fingerprint density at radius 3 is 2.11 bits per heavy atom. The van der Waals surface area contributed by atoms with Gasteiger partial charge in [0.15, 0.2) is 5.96 Å². The van der Waals surface area contributed by atoms with Crippen molar-refractivity contribution in [1.29, 1.82) is 0 Å². The van der Waals surface area contributed by atoms with Crippen LogP contribution in [0.25, 0.3) is 16.7 Å². The lowest BCUT2D eigenvalue weighted by molar-refractivity contribution is -0.192. The van der Waals surface area contributed by atoms with Gasteiger partial charge in [-0.15, -0.1) is 0 Å². The molecule has 1 aromatic carbocycles. The molecule has 29 heteroatoms. The summed E-state index contributed by atoms with van der Waals surface area (Å²) in [6.07, 6.45) is -1.15. The second kappa shape index (κ2) is 26.3. The smallest absolute Gasteiger partial charge is 0.480 e. The third-order valence-corrected chi connectivity index (χ3v) is 14.5. The number of hydrogen-bond donors (Lipinski definition) is 12. The van der Waals surface area contributed by atoms with E-state index in [1.807, 2.05) is 45.9 Å². The molecule has 9 atom stereocenters. The van der Waals surface area contributed by atoms with Gasteiger partial charge in [-0.3, -0.25) is 47.9 Å². The third kappa shape index (κ3) is 15.6. The molecule has 8 rings (SSSR count). The molecule has 0 aliphatic carbocycles. The first-order valence-electron chi connectivity index (χ1n) is 26.7. The van der Waals surface area contributed by atoms with E-state index in [2.05, 4.69) is 52.2 Å². The topological polar surface area (TPSA) is 397 Å². The number of H-pyrrole nitrogens is 1. The average molecular weight is 1140 g/mol. The number of carbonyl (C=O) groups is 10. The number of imidazole rings is 1. The maximum atomic E-state index is 15.3. The molecule has 0 spiro atoms. The minimum atomic E-state index is -5.08. The fourth-order valence-corrected chi connectivity index (χ4v) is 10.5. The molecule has 5 aliphatic heterocycles. The van der Waals surface area contributed by atoms with Crippen LogP contribution in [0.15, 0.2) is 35.7 Å². The third-order valence-electron chi connectivity index (χ3n) is 14.5. The van der Waals surface area contributed by atoms with Gasteiger partial charge in [0.1, 0.15) is 60.5 Å². The number of aliphatic carboxylic acids is 2. The van der Waals surface area contributed by atoms with Gasteiger partial charge < -0.3 is 68.8 Å². The zero-order chi connectivity index (χ0) is 59.8. The second-order valence-corrected chi connectivity index (χ2v) is 21.7. The maximum absolute atomic E-state index is 15.3. The minimum Gasteiger partial charge on any atom is -0.480 e. The van der Waals surface area contributed by atoms with Gasteiger partial charge in [-0.05, 0) is 67.9 Å². The number of amides is 8. The van der Waals surface area contributed by atoms with Crippen molar-refractivity contribution >= 4 is 76.1 Å². The number of fused-ring (bicyclic) bond motifs is 14. The van der Waals surface area contributed by atoms with Gasteiger partial charge in [-0.2, -0.15) is 13.2 Å². The molecule has 8 amide bonds. The van der Waals surface area contributed by atoms with Crippen LogP contribution < -0.4 is 48.7 Å². The van der Waals surface area contributed by atoms with Crippen LogP contribution in [0.3, 0.4) is 0 Å². The Hall–Kier alpha value is -8.27. The maximum Gasteiger partial charge on any atom is 0.490 e. The summed E-state index contributed by atoms with van der Waals surface area (Å²) in [6.45, 7) is 11.2. The number of benzene rings is 1. The monoisotopic (exact) mass is 1140 g/mol. The van der Waals surface area contributed by atoms with Crippen LogP contribution in [0.5, 0.6) is 0 Å². The van der Waals surface area contributed by atoms with Crippen molar-refractivity contribution in [1.82, 2.24) is 56.7 Å². The Kier molecular flexibility index (Phi) is 20.1. The van der Waals surface area contributed by atoms with Crippen molar-refractivity contribution in [3.05, 3.63) is 47.5 Å². The van der Waals surface area contributed by atoms with Gasteiger partial charge in [0.2, 0.25) is 47.3 Å². The Morgan fingerprint density at radius 2 is 1.51 bits per heavy atom. The van der Waals surface area contributed by atoms with Crippen molar-refractivity contribution in [2.45, 2.75) is 160 Å². The Bertz CT molecular complexity index is 2920. The molecule has 2 aromatic heterocycles. The number of rotatable bonds is 11. The summed E-state index contributed by atoms with van der Waals surface area (Å²) in [5.41, 5.74) is 12.9. The quantitative estimate of drug-likeness (QED) is 0.0515. The summed E-state index contributed by atoms with van der Waals surface area (Å²) in [7, 11) is 0. The number of halogens is 3. The van der Waals surface area contributed by atoms with Crippen molar-refractivity contribution in [2.24, 2.45) is 34.2 Å². The highest BCUT2D eigenvalue weighted by molar-refractivity contribution is 6.00. The Morgan fingerprint density at radius 1 is 0.827 bits per heavy atom. The van der Waals surface area contributed by atoms with E-state index in [9.17, 15) is 56.6 Å². The van der Waals surface area contributed by atoms with Crippen LogP contribution in [-0.4, -0.2) is 162 Å². The molecular formula is C52H71F3N14O12. The number of carboxylic acid groups (broad SMARTS) is 2. The molecule has 7 heterocycles. The molecule has 14 N–H and O–H groups in total. The molecule has 3 aromatic rings. The first kappa shape index (κ1) is 61.9. The highest BCUT2D eigenvalue weighted by Gasteiger charge is 2.43. The van der Waals surface area contributed by atoms with E-state index in [-0.39, 0.29) is 93.9 Å². The zero-order valence-corrected chi connectivity index (χ0v) is 45.6. The van der Waals surface area contributed by atoms with Crippen molar-refractivity contribution in [3.63, 3.8) is 0 Å². The molecular weight excluding hydrogens is 1070 g/mol. The number of aromatic amines is 1. The van der Waals surface area contributed by atoms with Gasteiger partial charge in [0.25, 0.3) is 0 Å². The molecule has 442 valence electrons. The van der Waals surface area contributed by atoms with E-state index in [1.165, 1.54) is 11.2 Å². The zero-order valence-electron chi connectivity index (χ0n) is 45.6. The first-order chi connectivity index (χ1) is 38.0. The predicted octanol–water partition coefficient (Wildman–Crippen LogP) is -0.143. The van der Waals surface area contributed by atoms with Crippen molar-refractivity contribution < 1.29 is 71.3 Å². The molecule has 0 saturated carbocycles. The van der Waals surface area contributed by atoms with Crippen LogP contribution >= 0.6 is 0 Å². The van der Waals surface area contributed by atoms with E-state index in [4.69, 9.17) is 21.4 Å². The highest BCUT2D eigenvalue weighted by atomic mass is 19.4. The number of nitrogens with zero attached hydrogens (tertiary/aromatic N) is 4. The summed E-state index contributed by atoms with van der Waals surface area (Å²) in [6, 6.07) is -4.35. The van der Waals surface area contributed by atoms with E-state index >= 15 is 4.79 Å². The van der Waals surface area contributed by atoms with Crippen molar-refractivity contribution in [3.8, 4) is 5.82 Å². The normalized spacial score (nSPS) is 25.0. The minimum absolute atomic E-state index is 0.00936. The summed E-state index contributed by atoms with van der Waals surface area (Å²) < 4.78 is 33.3. The Labute approximate surface area is 463 Å². The average Bonchev–Trinajstić information content (AvgIpc) is 4.27. The molecule has 81 heavy (non-hydrogen) atoms. The molecule has 2 fully saturated rings. The predicted molar refractivity (Wildman–Crippen MR) is 283 cm³/mol. The molecule has 5 aliphatic rings. The Balaban J connectivity index is 0.00000141. The van der Waals surface area contributed by atoms with Gasteiger partial charge in [0, 0.05) is 60.9 Å². The summed E-state index contributed by atoms with van der Waals surface area (Å²) in [5, 5.41) is 37.7. The molecule has 26 nitrogen and oxygen atoms in total. The van der Waals surface area contributed by atoms with Gasteiger partial charge in [-0.1, -0.05) is 53.7 Å². The summed E-state index contributed by atoms with van der Waals surface area (Å²) >= 11 is 0. The van der Waals surface area contributed by atoms with Crippen LogP contribution in [0, 0.1) is 17.8 Å². The fourth-order valence-electron chi connectivity index (χ4n) is 10.5. The molecule has 2 saturated heterocycles. The SMILES string of the molecule is CC(C)C[C@@H]1NC(=O)[C@@H](NC(=O)[C@@H]2CCC(=O)N2)[C@H](C(C)C)c2ccc3c4c([nH]c3c2)-n2cnc(c2)C[C@@H](C(=O)O)NC(=O)[C@@H](CCCN=C(N)N)NC(=O)[C@@H]2CCCN2C(=O)[C@H](C4)NC(=O)[C@H](C(C)C)NC1=O.O=C(O)C(F)(F)F. The number of aliphatic imine (C=N–C) groups is 1. The molecule has 0 unspecified atom stereocenters. The fraction of sp³-hybridized carbons (Fsp3) is 0.577. The lowest BCUT2D eigenvalue weighted by atomic mass is 9.81. The number of nitrogens with two attached hydrogens (primary N) is 2. The highest BCUT2D eigenvalue weighted by Crippen LogP contribution is 2.35. The standard InChI is InChI=1S/C50H70N14O10.C2HF3O2/c1-23(2)17-33-44(68)61-39(25(5)6)46(70)59-34-20-29-28-12-11-26(38(24(3)4)40(47(71)58-33)62-43(67)31-13-14-37(65)55-31)18-32(28)56-41(29)63-21-27(54-22-63)19-35(49(73)74)60-42(66)30(9-7-15-53-50(51)52)57-45(69)36-10-8-16-64(36)48(34)72;3-2(4,5)1(6)7/h11-12,18,21-25,30-31,33-36,38-40,56H,7-10,13-17,19-20H2,1-6H3,(H,55,65)(H,57,69)(H,58,71)(H,59,70)(H,60,66)(H,61,68)(H,62,67)(H,73,74)(H4,51,52,53);(H,6,7)/t30-,31+,33+,34+,35+,36+,38-,39+,40+;/m1./s1. The number of guanidine groups is 1. The van der Waals surface area contributed by atoms with Gasteiger partial charge >= 0.3 is 18.1 Å². The number of aromatic nitrogens is 3. The number of carboxylic acids is 2. The summed E-state index contributed by atoms with van der Waals surface area (Å²) in [5.74, 6) is -10.6. The molecule has 0 radical (unpaired) electrons. The number of alkyl halides is 3.